The summed E-state index contributed by atoms with van der Waals surface area (Å²) < 4.78 is 5.22. The molecule has 0 fully saturated rings. The second-order valence-corrected chi connectivity index (χ2v) is 7.80. The van der Waals surface area contributed by atoms with Crippen LogP contribution in [0.2, 0.25) is 0 Å². The molecule has 0 unspecified atom stereocenters. The van der Waals surface area contributed by atoms with E-state index in [9.17, 15) is 9.59 Å². The molecule has 0 saturated heterocycles. The molecule has 1 aromatic heterocycles. The van der Waals surface area contributed by atoms with Crippen molar-refractivity contribution in [3.8, 4) is 0 Å². The number of aromatic nitrogens is 2. The first kappa shape index (κ1) is 20.5. The molecule has 0 radical (unpaired) electrons. The second-order valence-electron chi connectivity index (χ2n) is 6.75. The summed E-state index contributed by atoms with van der Waals surface area (Å²) in [6, 6.07) is 22.3. The van der Waals surface area contributed by atoms with Gasteiger partial charge in [-0.05, 0) is 42.0 Å². The fourth-order valence-electron chi connectivity index (χ4n) is 3.01. The SMILES string of the molecule is NC(=O)c1cccc2[nH]c(CSc3ccc(NC(=O)OCc4ccccc4)cc3)nc12. The van der Waals surface area contributed by atoms with Crippen molar-refractivity contribution in [1.29, 1.82) is 0 Å². The number of carbonyl (C=O) groups excluding carboxylic acids is 2. The minimum absolute atomic E-state index is 0.218. The van der Waals surface area contributed by atoms with E-state index in [4.69, 9.17) is 10.5 Å². The normalized spacial score (nSPS) is 10.7. The van der Waals surface area contributed by atoms with Crippen LogP contribution in [0.1, 0.15) is 21.7 Å². The number of primary amides is 1. The number of amides is 2. The van der Waals surface area contributed by atoms with Gasteiger partial charge in [-0.15, -0.1) is 11.8 Å². The van der Waals surface area contributed by atoms with E-state index in [0.717, 1.165) is 21.8 Å². The molecule has 8 heteroatoms. The van der Waals surface area contributed by atoms with Crippen molar-refractivity contribution >= 4 is 40.5 Å². The molecule has 0 aliphatic carbocycles. The van der Waals surface area contributed by atoms with E-state index in [1.165, 1.54) is 0 Å². The number of fused-ring (bicyclic) bond motifs is 1. The number of nitrogens with two attached hydrogens (primary N) is 1. The van der Waals surface area contributed by atoms with E-state index in [1.807, 2.05) is 60.7 Å². The molecule has 4 aromatic rings. The summed E-state index contributed by atoms with van der Waals surface area (Å²) in [5.74, 6) is 0.848. The van der Waals surface area contributed by atoms with Gasteiger partial charge in [0.15, 0.2) is 0 Å². The van der Waals surface area contributed by atoms with E-state index in [0.29, 0.717) is 22.5 Å². The quantitative estimate of drug-likeness (QED) is 0.367. The number of benzene rings is 3. The zero-order chi connectivity index (χ0) is 21.6. The van der Waals surface area contributed by atoms with Crippen molar-refractivity contribution in [2.45, 2.75) is 17.3 Å². The number of nitrogens with zero attached hydrogens (tertiary/aromatic N) is 1. The summed E-state index contributed by atoms with van der Waals surface area (Å²) in [6.45, 7) is 0.218. The number of rotatable bonds is 7. The van der Waals surface area contributed by atoms with Crippen molar-refractivity contribution in [3.05, 3.63) is 89.7 Å². The van der Waals surface area contributed by atoms with Crippen LogP contribution in [0.25, 0.3) is 11.0 Å². The zero-order valence-corrected chi connectivity index (χ0v) is 17.3. The van der Waals surface area contributed by atoms with Crippen LogP contribution in [0.4, 0.5) is 10.5 Å². The van der Waals surface area contributed by atoms with Crippen LogP contribution in [0.3, 0.4) is 0 Å². The lowest BCUT2D eigenvalue weighted by molar-refractivity contribution is 0.100. The van der Waals surface area contributed by atoms with Gasteiger partial charge in [-0.25, -0.2) is 9.78 Å². The van der Waals surface area contributed by atoms with E-state index in [2.05, 4.69) is 15.3 Å². The Labute approximate surface area is 183 Å². The fraction of sp³-hybridized carbons (Fsp3) is 0.0870. The highest BCUT2D eigenvalue weighted by molar-refractivity contribution is 7.98. The van der Waals surface area contributed by atoms with Crippen LogP contribution in [0.15, 0.2) is 77.7 Å². The Balaban J connectivity index is 1.31. The molecular weight excluding hydrogens is 412 g/mol. The van der Waals surface area contributed by atoms with Gasteiger partial charge < -0.3 is 15.5 Å². The Morgan fingerprint density at radius 3 is 2.52 bits per heavy atom. The Bertz CT molecular complexity index is 1210. The lowest BCUT2D eigenvalue weighted by Crippen LogP contribution is -2.13. The fourth-order valence-corrected chi connectivity index (χ4v) is 3.78. The number of ether oxygens (including phenoxy) is 1. The maximum atomic E-state index is 12.0. The summed E-state index contributed by atoms with van der Waals surface area (Å²) in [4.78, 5) is 32.2. The van der Waals surface area contributed by atoms with Gasteiger partial charge in [0.2, 0.25) is 0 Å². The van der Waals surface area contributed by atoms with E-state index in [1.54, 1.807) is 23.9 Å². The van der Waals surface area contributed by atoms with Crippen LogP contribution in [-0.2, 0) is 17.1 Å². The highest BCUT2D eigenvalue weighted by atomic mass is 32.2. The van der Waals surface area contributed by atoms with Crippen molar-refractivity contribution in [2.75, 3.05) is 5.32 Å². The van der Waals surface area contributed by atoms with Gasteiger partial charge in [-0.1, -0.05) is 36.4 Å². The molecule has 2 amide bonds. The summed E-state index contributed by atoms with van der Waals surface area (Å²) >= 11 is 1.58. The smallest absolute Gasteiger partial charge is 0.411 e. The largest absolute Gasteiger partial charge is 0.444 e. The van der Waals surface area contributed by atoms with Gasteiger partial charge in [0.25, 0.3) is 5.91 Å². The number of hydrogen-bond donors (Lipinski definition) is 3. The highest BCUT2D eigenvalue weighted by Crippen LogP contribution is 2.25. The van der Waals surface area contributed by atoms with E-state index >= 15 is 0 Å². The Kier molecular flexibility index (Phi) is 6.18. The van der Waals surface area contributed by atoms with Crippen LogP contribution in [0, 0.1) is 0 Å². The van der Waals surface area contributed by atoms with Gasteiger partial charge in [-0.3, -0.25) is 10.1 Å². The predicted molar refractivity (Wildman–Crippen MR) is 121 cm³/mol. The maximum absolute atomic E-state index is 12.0. The summed E-state index contributed by atoms with van der Waals surface area (Å²) in [5.41, 5.74) is 8.76. The van der Waals surface area contributed by atoms with Gasteiger partial charge >= 0.3 is 6.09 Å². The molecule has 4 N–H and O–H groups in total. The number of nitrogens with one attached hydrogen (secondary N) is 2. The molecule has 0 aliphatic heterocycles. The topological polar surface area (TPSA) is 110 Å². The highest BCUT2D eigenvalue weighted by Gasteiger charge is 2.11. The van der Waals surface area contributed by atoms with Gasteiger partial charge in [0, 0.05) is 10.6 Å². The van der Waals surface area contributed by atoms with Crippen LogP contribution < -0.4 is 11.1 Å². The third-order valence-electron chi connectivity index (χ3n) is 4.52. The molecule has 156 valence electrons. The first-order valence-electron chi connectivity index (χ1n) is 9.56. The molecule has 1 heterocycles. The number of anilines is 1. The van der Waals surface area contributed by atoms with Crippen molar-refractivity contribution in [3.63, 3.8) is 0 Å². The molecule has 0 bridgehead atoms. The van der Waals surface area contributed by atoms with Gasteiger partial charge in [0.1, 0.15) is 17.9 Å². The summed E-state index contributed by atoms with van der Waals surface area (Å²) in [6.07, 6.45) is -0.503. The number of aromatic amines is 1. The van der Waals surface area contributed by atoms with E-state index in [-0.39, 0.29) is 6.61 Å². The molecule has 3 aromatic carbocycles. The Morgan fingerprint density at radius 2 is 1.77 bits per heavy atom. The Morgan fingerprint density at radius 1 is 1.00 bits per heavy atom. The standard InChI is InChI=1S/C23H20N4O3S/c24-22(28)18-7-4-8-19-21(18)27-20(26-19)14-31-17-11-9-16(10-12-17)25-23(29)30-13-15-5-2-1-3-6-15/h1-12H,13-14H2,(H2,24,28)(H,25,29)(H,26,27). The number of carbonyl (C=O) groups is 2. The number of thioether (sulfide) groups is 1. The number of imidazole rings is 1. The first-order valence-corrected chi connectivity index (χ1v) is 10.5. The number of hydrogen-bond acceptors (Lipinski definition) is 5. The second kappa shape index (κ2) is 9.36. The minimum atomic E-state index is -0.503. The minimum Gasteiger partial charge on any atom is -0.444 e. The lowest BCUT2D eigenvalue weighted by atomic mass is 10.2. The van der Waals surface area contributed by atoms with Crippen molar-refractivity contribution in [1.82, 2.24) is 9.97 Å². The number of H-pyrrole nitrogens is 1. The van der Waals surface area contributed by atoms with Crippen molar-refractivity contribution < 1.29 is 14.3 Å². The molecule has 0 saturated carbocycles. The summed E-state index contributed by atoms with van der Waals surface area (Å²) in [7, 11) is 0. The third kappa shape index (κ3) is 5.23. The predicted octanol–water partition coefficient (Wildman–Crippen LogP) is 4.70. The third-order valence-corrected chi connectivity index (χ3v) is 5.54. The van der Waals surface area contributed by atoms with Crippen LogP contribution in [-0.4, -0.2) is 22.0 Å². The first-order chi connectivity index (χ1) is 15.1. The molecule has 0 spiro atoms. The zero-order valence-electron chi connectivity index (χ0n) is 16.5. The molecular formula is C23H20N4O3S. The summed E-state index contributed by atoms with van der Waals surface area (Å²) in [5, 5.41) is 2.72. The molecule has 4 rings (SSSR count). The van der Waals surface area contributed by atoms with Crippen LogP contribution in [0.5, 0.6) is 0 Å². The molecule has 0 aliphatic rings. The maximum Gasteiger partial charge on any atom is 0.411 e. The Hall–Kier alpha value is -3.78. The van der Waals surface area contributed by atoms with E-state index < -0.39 is 12.0 Å². The lowest BCUT2D eigenvalue weighted by Gasteiger charge is -2.08. The monoisotopic (exact) mass is 432 g/mol. The van der Waals surface area contributed by atoms with Crippen LogP contribution >= 0.6 is 11.8 Å². The van der Waals surface area contributed by atoms with Crippen molar-refractivity contribution in [2.24, 2.45) is 5.73 Å². The molecule has 0 atom stereocenters. The molecule has 31 heavy (non-hydrogen) atoms. The molecule has 7 nitrogen and oxygen atoms in total. The average Bonchev–Trinajstić information content (AvgIpc) is 3.21. The van der Waals surface area contributed by atoms with Gasteiger partial charge in [-0.2, -0.15) is 0 Å². The van der Waals surface area contributed by atoms with Gasteiger partial charge in [0.05, 0.1) is 16.8 Å². The number of para-hydroxylation sites is 1. The average molecular weight is 433 g/mol.